The Morgan fingerprint density at radius 1 is 1.12 bits per heavy atom. The summed E-state index contributed by atoms with van der Waals surface area (Å²) in [6, 6.07) is 13.0. The molecule has 0 N–H and O–H groups in total. The van der Waals surface area contributed by atoms with Crippen molar-refractivity contribution in [1.82, 2.24) is 4.90 Å². The second-order valence-corrected chi connectivity index (χ2v) is 9.36. The molecule has 1 heterocycles. The van der Waals surface area contributed by atoms with Crippen molar-refractivity contribution >= 4 is 35.3 Å². The highest BCUT2D eigenvalue weighted by atomic mass is 32.2. The van der Waals surface area contributed by atoms with E-state index in [9.17, 15) is 14.4 Å². The first-order valence-corrected chi connectivity index (χ1v) is 11.8. The van der Waals surface area contributed by atoms with Gasteiger partial charge in [-0.2, -0.15) is 0 Å². The third-order valence-electron chi connectivity index (χ3n) is 5.27. The highest BCUT2D eigenvalue weighted by Crippen LogP contribution is 2.47. The molecule has 7 nitrogen and oxygen atoms in total. The number of thioether (sulfide) groups is 1. The molecule has 1 amide bonds. The molecule has 2 atom stereocenters. The summed E-state index contributed by atoms with van der Waals surface area (Å²) in [4.78, 5) is 42.5. The summed E-state index contributed by atoms with van der Waals surface area (Å²) in [7, 11) is 3.86. The van der Waals surface area contributed by atoms with Crippen LogP contribution in [0.2, 0.25) is 0 Å². The lowest BCUT2D eigenvalue weighted by Gasteiger charge is -2.28. The lowest BCUT2D eigenvalue weighted by Crippen LogP contribution is -2.45. The molecule has 1 aliphatic rings. The minimum absolute atomic E-state index is 0.275. The maximum atomic E-state index is 13.8. The van der Waals surface area contributed by atoms with Gasteiger partial charge in [-0.1, -0.05) is 29.8 Å². The van der Waals surface area contributed by atoms with Crippen molar-refractivity contribution in [3.8, 4) is 0 Å². The first kappa shape index (κ1) is 24.8. The van der Waals surface area contributed by atoms with Gasteiger partial charge in [0.15, 0.2) is 6.10 Å². The van der Waals surface area contributed by atoms with Crippen molar-refractivity contribution in [2.75, 3.05) is 38.7 Å². The van der Waals surface area contributed by atoms with E-state index >= 15 is 0 Å². The lowest BCUT2D eigenvalue weighted by molar-refractivity contribution is -0.152. The summed E-state index contributed by atoms with van der Waals surface area (Å²) in [6.07, 6.45) is -1.00. The van der Waals surface area contributed by atoms with Gasteiger partial charge in [0.2, 0.25) is 0 Å². The van der Waals surface area contributed by atoms with Crippen LogP contribution in [0.15, 0.2) is 47.4 Å². The van der Waals surface area contributed by atoms with Gasteiger partial charge >= 0.3 is 11.9 Å². The van der Waals surface area contributed by atoms with E-state index in [1.807, 2.05) is 50.2 Å². The molecule has 33 heavy (non-hydrogen) atoms. The van der Waals surface area contributed by atoms with Crippen LogP contribution in [0, 0.1) is 6.92 Å². The van der Waals surface area contributed by atoms with Crippen molar-refractivity contribution in [2.24, 2.45) is 0 Å². The Hall–Kier alpha value is -2.84. The minimum Gasteiger partial charge on any atom is -0.462 e. The third kappa shape index (κ3) is 5.94. The fourth-order valence-electron chi connectivity index (χ4n) is 3.59. The molecular formula is C25H30N2O5S. The molecule has 0 aliphatic carbocycles. The number of likely N-dealkylation sites (N-methyl/N-ethyl adjacent to an activating group) is 1. The number of carbonyl (C=O) groups excluding carboxylic acids is 3. The Labute approximate surface area is 199 Å². The summed E-state index contributed by atoms with van der Waals surface area (Å²) in [5.41, 5.74) is 3.06. The molecule has 0 bridgehead atoms. The minimum atomic E-state index is -1.00. The van der Waals surface area contributed by atoms with Crippen LogP contribution in [0.1, 0.15) is 40.6 Å². The third-order valence-corrected chi connectivity index (χ3v) is 6.62. The highest BCUT2D eigenvalue weighted by molar-refractivity contribution is 7.99. The number of carbonyl (C=O) groups is 3. The monoisotopic (exact) mass is 470 g/mol. The highest BCUT2D eigenvalue weighted by Gasteiger charge is 2.41. The quantitative estimate of drug-likeness (QED) is 0.569. The van der Waals surface area contributed by atoms with E-state index in [4.69, 9.17) is 9.47 Å². The van der Waals surface area contributed by atoms with Gasteiger partial charge in [-0.25, -0.2) is 4.79 Å². The average molecular weight is 471 g/mol. The molecule has 3 rings (SSSR count). The average Bonchev–Trinajstić information content (AvgIpc) is 2.87. The Bertz CT molecular complexity index is 1020. The van der Waals surface area contributed by atoms with E-state index in [0.717, 1.165) is 16.0 Å². The molecule has 0 fully saturated rings. The van der Waals surface area contributed by atoms with Gasteiger partial charge < -0.3 is 19.3 Å². The molecule has 0 unspecified atom stereocenters. The van der Waals surface area contributed by atoms with Crippen molar-refractivity contribution in [3.63, 3.8) is 0 Å². The first-order valence-electron chi connectivity index (χ1n) is 10.9. The Kier molecular flexibility index (Phi) is 8.15. The van der Waals surface area contributed by atoms with E-state index in [1.54, 1.807) is 30.0 Å². The van der Waals surface area contributed by atoms with Gasteiger partial charge in [-0.3, -0.25) is 9.59 Å². The van der Waals surface area contributed by atoms with E-state index in [2.05, 4.69) is 0 Å². The molecule has 0 radical (unpaired) electrons. The van der Waals surface area contributed by atoms with Gasteiger partial charge in [-0.15, -0.1) is 11.8 Å². The number of nitrogens with zero attached hydrogens (tertiary/aromatic N) is 2. The van der Waals surface area contributed by atoms with E-state index in [-0.39, 0.29) is 12.5 Å². The summed E-state index contributed by atoms with van der Waals surface area (Å²) in [6.45, 7) is 6.37. The second-order valence-electron chi connectivity index (χ2n) is 8.18. The predicted molar refractivity (Wildman–Crippen MR) is 129 cm³/mol. The normalized spacial score (nSPS) is 18.0. The largest absolute Gasteiger partial charge is 0.462 e. The summed E-state index contributed by atoms with van der Waals surface area (Å²) in [5.74, 6) is -1.22. The molecule has 8 heteroatoms. The zero-order chi connectivity index (χ0) is 24.1. The zero-order valence-electron chi connectivity index (χ0n) is 19.7. The number of anilines is 1. The number of amides is 1. The van der Waals surface area contributed by atoms with Crippen molar-refractivity contribution < 1.29 is 23.9 Å². The molecule has 0 spiro atoms. The lowest BCUT2D eigenvalue weighted by atomic mass is 10.0. The predicted octanol–water partition coefficient (Wildman–Crippen LogP) is 3.85. The molecule has 0 saturated heterocycles. The number of benzene rings is 2. The van der Waals surface area contributed by atoms with Crippen LogP contribution in [0.3, 0.4) is 0 Å². The van der Waals surface area contributed by atoms with E-state index in [1.165, 1.54) is 18.7 Å². The van der Waals surface area contributed by atoms with Crippen LogP contribution in [0.5, 0.6) is 0 Å². The number of aryl methyl sites for hydroxylation is 1. The smallest absolute Gasteiger partial charge is 0.338 e. The molecular weight excluding hydrogens is 440 g/mol. The number of esters is 2. The number of rotatable bonds is 7. The molecule has 2 aromatic rings. The molecule has 176 valence electrons. The van der Waals surface area contributed by atoms with Gasteiger partial charge in [0.25, 0.3) is 5.91 Å². The van der Waals surface area contributed by atoms with Crippen LogP contribution in [-0.4, -0.2) is 62.6 Å². The van der Waals surface area contributed by atoms with Crippen LogP contribution >= 0.6 is 11.8 Å². The second kappa shape index (κ2) is 10.9. The number of hydrogen-bond donors (Lipinski definition) is 0. The summed E-state index contributed by atoms with van der Waals surface area (Å²) >= 11 is 1.42. The fourth-order valence-corrected chi connectivity index (χ4v) is 4.95. The summed E-state index contributed by atoms with van der Waals surface area (Å²) in [5, 5.41) is -0.470. The zero-order valence-corrected chi connectivity index (χ0v) is 20.5. The Morgan fingerprint density at radius 3 is 2.42 bits per heavy atom. The van der Waals surface area contributed by atoms with Crippen LogP contribution in [0.25, 0.3) is 0 Å². The van der Waals surface area contributed by atoms with Crippen molar-refractivity contribution in [3.05, 3.63) is 59.2 Å². The SMILES string of the molecule is CCOC(=O)c1ccc2c(c1)S[C@@H](c1ccc(C)cc1)[C@@H](OC(C)=O)C(=O)N2CCN(C)C. The molecule has 0 aromatic heterocycles. The Morgan fingerprint density at radius 2 is 1.82 bits per heavy atom. The molecule has 2 aromatic carbocycles. The number of hydrogen-bond acceptors (Lipinski definition) is 7. The Balaban J connectivity index is 2.13. The number of fused-ring (bicyclic) bond motifs is 1. The van der Waals surface area contributed by atoms with Gasteiger partial charge in [0.05, 0.1) is 23.1 Å². The maximum Gasteiger partial charge on any atom is 0.338 e. The van der Waals surface area contributed by atoms with Gasteiger partial charge in [0, 0.05) is 24.9 Å². The standard InChI is InChI=1S/C25H30N2O5S/c1-6-31-25(30)19-11-12-20-21(15-19)33-23(18-9-7-16(2)8-10-18)22(32-17(3)28)24(29)27(20)14-13-26(4)5/h7-12,15,22-23H,6,13-14H2,1-5H3/t22-,23+/m1/s1. The fraction of sp³-hybridized carbons (Fsp3) is 0.400. The van der Waals surface area contributed by atoms with Crippen LogP contribution < -0.4 is 4.90 Å². The topological polar surface area (TPSA) is 76.1 Å². The van der Waals surface area contributed by atoms with Crippen LogP contribution in [0.4, 0.5) is 5.69 Å². The first-order chi connectivity index (χ1) is 15.7. The molecule has 0 saturated carbocycles. The van der Waals surface area contributed by atoms with E-state index in [0.29, 0.717) is 24.3 Å². The molecule has 1 aliphatic heterocycles. The van der Waals surface area contributed by atoms with Crippen molar-refractivity contribution in [2.45, 2.75) is 37.0 Å². The van der Waals surface area contributed by atoms with E-state index < -0.39 is 23.3 Å². The summed E-state index contributed by atoms with van der Waals surface area (Å²) < 4.78 is 10.8. The van der Waals surface area contributed by atoms with Crippen LogP contribution in [-0.2, 0) is 19.1 Å². The van der Waals surface area contributed by atoms with Gasteiger partial charge in [-0.05, 0) is 51.7 Å². The number of ether oxygens (including phenoxy) is 2. The van der Waals surface area contributed by atoms with Gasteiger partial charge in [0.1, 0.15) is 0 Å². The maximum absolute atomic E-state index is 13.8. The van der Waals surface area contributed by atoms with Crippen molar-refractivity contribution in [1.29, 1.82) is 0 Å².